The smallest absolute Gasteiger partial charge is 0.0864 e. The molecule has 15 heavy (non-hydrogen) atoms. The van der Waals surface area contributed by atoms with E-state index >= 15 is 0 Å². The largest absolute Gasteiger partial charge is 0.288 e. The van der Waals surface area contributed by atoms with Crippen LogP contribution in [0.3, 0.4) is 0 Å². The number of nitrogens with zero attached hydrogens (tertiary/aromatic N) is 3. The van der Waals surface area contributed by atoms with Crippen LogP contribution in [0.25, 0.3) is 0 Å². The van der Waals surface area contributed by atoms with E-state index in [1.165, 1.54) is 5.17 Å². The van der Waals surface area contributed by atoms with Crippen LogP contribution in [-0.4, -0.2) is 36.8 Å². The summed E-state index contributed by atoms with van der Waals surface area (Å²) in [5.74, 6) is 0. The number of hydrogen-bond donors (Lipinski definition) is 0. The number of aliphatic imine (C=N–C) groups is 1. The zero-order chi connectivity index (χ0) is 11.7. The van der Waals surface area contributed by atoms with E-state index < -0.39 is 0 Å². The molecule has 0 heterocycles. The lowest BCUT2D eigenvalue weighted by molar-refractivity contribution is -0.139. The topological polar surface area (TPSA) is 37.2 Å². The molecule has 0 radical (unpaired) electrons. The van der Waals surface area contributed by atoms with Crippen LogP contribution in [0.4, 0.5) is 0 Å². The van der Waals surface area contributed by atoms with E-state index in [0.29, 0.717) is 6.61 Å². The first kappa shape index (κ1) is 14.1. The van der Waals surface area contributed by atoms with E-state index in [1.54, 1.807) is 7.05 Å². The lowest BCUT2D eigenvalue weighted by Crippen LogP contribution is -2.19. The van der Waals surface area contributed by atoms with Crippen molar-refractivity contribution >= 4 is 11.9 Å². The van der Waals surface area contributed by atoms with Gasteiger partial charge in [-0.3, -0.25) is 9.83 Å². The first-order valence-electron chi connectivity index (χ1n) is 5.55. The van der Waals surface area contributed by atoms with Crippen LogP contribution in [-0.2, 0) is 4.84 Å². The highest BCUT2D eigenvalue weighted by Gasteiger charge is 2.03. The van der Waals surface area contributed by atoms with Crippen LogP contribution >= 0.6 is 0 Å². The summed E-state index contributed by atoms with van der Waals surface area (Å²) in [6, 6.07) is 0.123. The minimum atomic E-state index is 0.123. The summed E-state index contributed by atoms with van der Waals surface area (Å²) < 4.78 is 0. The van der Waals surface area contributed by atoms with Crippen LogP contribution in [0.2, 0.25) is 0 Å². The number of rotatable bonds is 7. The van der Waals surface area contributed by atoms with Gasteiger partial charge in [0.1, 0.15) is 0 Å². The summed E-state index contributed by atoms with van der Waals surface area (Å²) in [5.41, 5.74) is 0.957. The summed E-state index contributed by atoms with van der Waals surface area (Å²) in [6.07, 6.45) is 3.86. The first-order chi connectivity index (χ1) is 7.11. The molecule has 0 rings (SSSR count). The molecular weight excluding hydrogens is 190 g/mol. The number of hydroxylamine groups is 1. The Kier molecular flexibility index (Phi) is 7.91. The zero-order valence-corrected chi connectivity index (χ0v) is 10.5. The van der Waals surface area contributed by atoms with Crippen molar-refractivity contribution in [1.82, 2.24) is 5.17 Å². The van der Waals surface area contributed by atoms with E-state index in [2.05, 4.69) is 23.9 Å². The Balaban J connectivity index is 4.09. The molecule has 4 nitrogen and oxygen atoms in total. The molecule has 1 atom stereocenters. The molecule has 0 saturated carbocycles. The Hall–Kier alpha value is -0.900. The second-order valence-electron chi connectivity index (χ2n) is 3.45. The molecule has 0 bridgehead atoms. The third-order valence-electron chi connectivity index (χ3n) is 1.90. The summed E-state index contributed by atoms with van der Waals surface area (Å²) in [4.78, 5) is 9.65. The monoisotopic (exact) mass is 213 g/mol. The number of hydrazone groups is 1. The van der Waals surface area contributed by atoms with Gasteiger partial charge in [-0.05, 0) is 32.9 Å². The minimum absolute atomic E-state index is 0.123. The fraction of sp³-hybridized carbons (Fsp3) is 0.818. The third kappa shape index (κ3) is 7.08. The summed E-state index contributed by atoms with van der Waals surface area (Å²) >= 11 is 0. The van der Waals surface area contributed by atoms with Gasteiger partial charge in [-0.25, -0.2) is 0 Å². The van der Waals surface area contributed by atoms with Gasteiger partial charge in [0.2, 0.25) is 0 Å². The van der Waals surface area contributed by atoms with Gasteiger partial charge in [0.05, 0.1) is 25.4 Å². The van der Waals surface area contributed by atoms with Crippen molar-refractivity contribution in [2.45, 2.75) is 46.6 Å². The van der Waals surface area contributed by atoms with Gasteiger partial charge in [0, 0.05) is 0 Å². The van der Waals surface area contributed by atoms with Crippen molar-refractivity contribution in [2.24, 2.45) is 10.1 Å². The quantitative estimate of drug-likeness (QED) is 0.481. The van der Waals surface area contributed by atoms with E-state index in [-0.39, 0.29) is 6.04 Å². The van der Waals surface area contributed by atoms with Gasteiger partial charge >= 0.3 is 0 Å². The predicted octanol–water partition coefficient (Wildman–Crippen LogP) is 2.51. The highest BCUT2D eigenvalue weighted by Crippen LogP contribution is 1.97. The van der Waals surface area contributed by atoms with E-state index in [1.807, 2.05) is 20.1 Å². The predicted molar refractivity (Wildman–Crippen MR) is 65.4 cm³/mol. The average molecular weight is 213 g/mol. The highest BCUT2D eigenvalue weighted by atomic mass is 16.7. The number of hydrogen-bond acceptors (Lipinski definition) is 4. The van der Waals surface area contributed by atoms with Crippen LogP contribution in [0.5, 0.6) is 0 Å². The molecule has 0 aliphatic rings. The Labute approximate surface area is 93.0 Å². The molecule has 0 saturated heterocycles. The van der Waals surface area contributed by atoms with E-state index in [0.717, 1.165) is 18.6 Å². The molecule has 4 heteroatoms. The maximum Gasteiger partial charge on any atom is 0.0864 e. The van der Waals surface area contributed by atoms with E-state index in [4.69, 9.17) is 4.84 Å². The molecule has 0 aromatic rings. The zero-order valence-electron chi connectivity index (χ0n) is 10.5. The van der Waals surface area contributed by atoms with Crippen LogP contribution < -0.4 is 0 Å². The van der Waals surface area contributed by atoms with Gasteiger partial charge in [-0.15, -0.1) is 0 Å². The summed E-state index contributed by atoms with van der Waals surface area (Å²) in [5, 5.41) is 5.79. The van der Waals surface area contributed by atoms with Crippen LogP contribution in [0, 0.1) is 0 Å². The fourth-order valence-corrected chi connectivity index (χ4v) is 0.929. The Morgan fingerprint density at radius 3 is 2.67 bits per heavy atom. The third-order valence-corrected chi connectivity index (χ3v) is 1.90. The second-order valence-corrected chi connectivity index (χ2v) is 3.45. The van der Waals surface area contributed by atoms with Gasteiger partial charge < -0.3 is 0 Å². The molecule has 0 aromatic heterocycles. The Bertz CT molecular complexity index is 214. The van der Waals surface area contributed by atoms with Gasteiger partial charge in [0.25, 0.3) is 0 Å². The van der Waals surface area contributed by atoms with Gasteiger partial charge in [-0.1, -0.05) is 13.8 Å². The molecular formula is C11H23N3O. The molecule has 88 valence electrons. The van der Waals surface area contributed by atoms with Crippen molar-refractivity contribution in [3.8, 4) is 0 Å². The van der Waals surface area contributed by atoms with Crippen molar-refractivity contribution in [1.29, 1.82) is 0 Å². The van der Waals surface area contributed by atoms with Gasteiger partial charge in [-0.2, -0.15) is 10.3 Å². The minimum Gasteiger partial charge on any atom is -0.288 e. The lowest BCUT2D eigenvalue weighted by Gasteiger charge is -2.14. The normalized spacial score (nSPS) is 14.6. The van der Waals surface area contributed by atoms with Crippen molar-refractivity contribution in [3.05, 3.63) is 0 Å². The molecule has 0 amide bonds. The second kappa shape index (κ2) is 8.41. The van der Waals surface area contributed by atoms with Crippen molar-refractivity contribution in [2.75, 3.05) is 13.7 Å². The molecule has 1 unspecified atom stereocenters. The lowest BCUT2D eigenvalue weighted by atomic mass is 10.2. The van der Waals surface area contributed by atoms with Crippen LogP contribution in [0.15, 0.2) is 10.1 Å². The van der Waals surface area contributed by atoms with Crippen LogP contribution in [0.1, 0.15) is 40.5 Å². The standard InChI is InChI=1S/C11H23N3O/c1-6-8-12-10(3)11(4)13-14(5)15-9-7-2/h8,10H,6-7,9H2,1-5H3/b12-8-,13-11-. The molecule has 0 aromatic carbocycles. The molecule has 0 aliphatic heterocycles. The summed E-state index contributed by atoms with van der Waals surface area (Å²) in [6.45, 7) is 8.82. The molecule has 0 aliphatic carbocycles. The van der Waals surface area contributed by atoms with E-state index in [9.17, 15) is 0 Å². The van der Waals surface area contributed by atoms with Crippen molar-refractivity contribution in [3.63, 3.8) is 0 Å². The average Bonchev–Trinajstić information content (AvgIpc) is 2.22. The fourth-order valence-electron chi connectivity index (χ4n) is 0.929. The Morgan fingerprint density at radius 2 is 2.13 bits per heavy atom. The molecule has 0 N–H and O–H groups in total. The maximum absolute atomic E-state index is 5.31. The van der Waals surface area contributed by atoms with Gasteiger partial charge in [0.15, 0.2) is 0 Å². The highest BCUT2D eigenvalue weighted by molar-refractivity contribution is 5.87. The molecule has 0 fully saturated rings. The summed E-state index contributed by atoms with van der Waals surface area (Å²) in [7, 11) is 1.80. The first-order valence-corrected chi connectivity index (χ1v) is 5.55. The Morgan fingerprint density at radius 1 is 1.47 bits per heavy atom. The molecule has 0 spiro atoms. The maximum atomic E-state index is 5.31. The van der Waals surface area contributed by atoms with Crippen molar-refractivity contribution < 1.29 is 4.84 Å². The SMILES string of the molecule is CC/C=N\C(C)/C(C)=N\N(C)OCCC.